The van der Waals surface area contributed by atoms with E-state index in [4.69, 9.17) is 0 Å². The molecule has 0 fully saturated rings. The molecule has 0 saturated heterocycles. The Morgan fingerprint density at radius 3 is 2.52 bits per heavy atom. The minimum atomic E-state index is -0.179. The third-order valence-electron chi connectivity index (χ3n) is 3.77. The van der Waals surface area contributed by atoms with Crippen LogP contribution < -0.4 is 5.32 Å². The highest BCUT2D eigenvalue weighted by atomic mass is 79.9. The van der Waals surface area contributed by atoms with Gasteiger partial charge in [-0.05, 0) is 46.1 Å². The van der Waals surface area contributed by atoms with Crippen LogP contribution in [0.25, 0.3) is 11.0 Å². The first-order valence-corrected chi connectivity index (χ1v) is 8.35. The second-order valence-corrected chi connectivity index (χ2v) is 6.67. The summed E-state index contributed by atoms with van der Waals surface area (Å²) < 4.78 is 0.782. The fraction of sp³-hybridized carbons (Fsp3) is 0.222. The fourth-order valence-electron chi connectivity index (χ4n) is 2.53. The molecule has 0 radical (unpaired) electrons. The van der Waals surface area contributed by atoms with Crippen molar-refractivity contribution in [2.24, 2.45) is 5.92 Å². The first kappa shape index (κ1) is 15.7. The van der Waals surface area contributed by atoms with Crippen molar-refractivity contribution in [1.29, 1.82) is 0 Å². The molecule has 5 heteroatoms. The topological polar surface area (TPSA) is 57.8 Å². The summed E-state index contributed by atoms with van der Waals surface area (Å²) in [6, 6.07) is 15.1. The molecule has 1 atom stereocenters. The monoisotopic (exact) mass is 371 g/mol. The van der Waals surface area contributed by atoms with Crippen LogP contribution in [0.15, 0.2) is 53.0 Å². The number of nitrogens with one attached hydrogen (secondary N) is 2. The first-order valence-electron chi connectivity index (χ1n) is 7.56. The van der Waals surface area contributed by atoms with Crippen LogP contribution in [0.4, 0.5) is 0 Å². The number of nitrogens with zero attached hydrogens (tertiary/aromatic N) is 1. The van der Waals surface area contributed by atoms with Crippen LogP contribution in [0, 0.1) is 5.92 Å². The lowest BCUT2D eigenvalue weighted by molar-refractivity contribution is 0.0922. The quantitative estimate of drug-likeness (QED) is 0.711. The van der Waals surface area contributed by atoms with E-state index in [0.29, 0.717) is 5.56 Å². The molecule has 3 rings (SSSR count). The van der Waals surface area contributed by atoms with Gasteiger partial charge in [-0.2, -0.15) is 0 Å². The van der Waals surface area contributed by atoms with Crippen molar-refractivity contribution in [1.82, 2.24) is 15.3 Å². The molecule has 3 aromatic rings. The summed E-state index contributed by atoms with van der Waals surface area (Å²) in [6.45, 7) is 4.14. The Morgan fingerprint density at radius 1 is 1.13 bits per heavy atom. The lowest BCUT2D eigenvalue weighted by Gasteiger charge is -2.20. The Bertz CT molecular complexity index is 808. The lowest BCUT2D eigenvalue weighted by Crippen LogP contribution is -2.32. The molecule has 1 aromatic heterocycles. The number of carbonyl (C=O) groups is 1. The molecular formula is C18H18BrN3O. The van der Waals surface area contributed by atoms with Gasteiger partial charge in [0.1, 0.15) is 5.82 Å². The van der Waals surface area contributed by atoms with Gasteiger partial charge in [-0.25, -0.2) is 4.98 Å². The molecule has 0 saturated carbocycles. The number of H-pyrrole nitrogens is 1. The number of halogens is 1. The summed E-state index contributed by atoms with van der Waals surface area (Å²) >= 11 is 3.42. The van der Waals surface area contributed by atoms with E-state index >= 15 is 0 Å². The molecule has 0 aliphatic rings. The maximum atomic E-state index is 12.6. The molecule has 1 amide bonds. The van der Waals surface area contributed by atoms with E-state index in [1.165, 1.54) is 0 Å². The fourth-order valence-corrected chi connectivity index (χ4v) is 3.00. The molecule has 1 heterocycles. The normalized spacial score (nSPS) is 12.5. The highest BCUT2D eigenvalue weighted by Gasteiger charge is 2.23. The highest BCUT2D eigenvalue weighted by Crippen LogP contribution is 2.24. The number of benzene rings is 2. The van der Waals surface area contributed by atoms with E-state index in [1.807, 2.05) is 42.5 Å². The van der Waals surface area contributed by atoms with Crippen LogP contribution in [0.1, 0.15) is 36.1 Å². The van der Waals surface area contributed by atoms with Gasteiger partial charge in [0.25, 0.3) is 5.91 Å². The zero-order valence-electron chi connectivity index (χ0n) is 13.0. The first-order chi connectivity index (χ1) is 11.1. The number of hydrogen-bond donors (Lipinski definition) is 2. The van der Waals surface area contributed by atoms with E-state index in [0.717, 1.165) is 21.3 Å². The van der Waals surface area contributed by atoms with Gasteiger partial charge in [0.05, 0.1) is 22.6 Å². The van der Waals surface area contributed by atoms with Gasteiger partial charge >= 0.3 is 0 Å². The van der Waals surface area contributed by atoms with Gasteiger partial charge in [0, 0.05) is 4.47 Å². The Hall–Kier alpha value is -2.14. The smallest absolute Gasteiger partial charge is 0.253 e. The van der Waals surface area contributed by atoms with Crippen molar-refractivity contribution >= 4 is 32.9 Å². The number of para-hydroxylation sites is 2. The number of amides is 1. The number of rotatable bonds is 4. The average molecular weight is 372 g/mol. The zero-order valence-corrected chi connectivity index (χ0v) is 14.6. The number of aromatic amines is 1. The molecule has 4 nitrogen and oxygen atoms in total. The number of imidazole rings is 1. The standard InChI is InChI=1S/C18H18BrN3O/c1-11(2)16(17-20-14-9-5-6-10-15(14)21-17)22-18(23)12-7-3-4-8-13(12)19/h3-11,16H,1-2H3,(H,20,21)(H,22,23)/t16-/m0/s1. The summed E-state index contributed by atoms with van der Waals surface area (Å²) in [5.41, 5.74) is 2.50. The van der Waals surface area contributed by atoms with Crippen LogP contribution in [-0.4, -0.2) is 15.9 Å². The lowest BCUT2D eigenvalue weighted by atomic mass is 10.0. The summed E-state index contributed by atoms with van der Waals surface area (Å²) in [4.78, 5) is 20.5. The van der Waals surface area contributed by atoms with Gasteiger partial charge in [-0.1, -0.05) is 38.1 Å². The molecule has 0 spiro atoms. The Labute approximate surface area is 143 Å². The highest BCUT2D eigenvalue weighted by molar-refractivity contribution is 9.10. The maximum Gasteiger partial charge on any atom is 0.253 e. The molecule has 0 bridgehead atoms. The summed E-state index contributed by atoms with van der Waals surface area (Å²) in [5, 5.41) is 3.09. The van der Waals surface area contributed by atoms with Crippen LogP contribution in [0.5, 0.6) is 0 Å². The van der Waals surface area contributed by atoms with E-state index in [-0.39, 0.29) is 17.9 Å². The summed E-state index contributed by atoms with van der Waals surface area (Å²) in [5.74, 6) is 0.875. The molecule has 118 valence electrons. The SMILES string of the molecule is CC(C)[C@H](NC(=O)c1ccccc1Br)c1nc2ccccc2[nH]1. The van der Waals surface area contributed by atoms with Gasteiger partial charge in [-0.3, -0.25) is 4.79 Å². The van der Waals surface area contributed by atoms with Crippen LogP contribution in [-0.2, 0) is 0 Å². The predicted octanol–water partition coefficient (Wildman–Crippen LogP) is 4.45. The largest absolute Gasteiger partial charge is 0.342 e. The molecule has 23 heavy (non-hydrogen) atoms. The van der Waals surface area contributed by atoms with Gasteiger partial charge in [-0.15, -0.1) is 0 Å². The van der Waals surface area contributed by atoms with E-state index < -0.39 is 0 Å². The van der Waals surface area contributed by atoms with Crippen LogP contribution >= 0.6 is 15.9 Å². The molecule has 0 unspecified atom stereocenters. The molecule has 2 aromatic carbocycles. The molecule has 0 aliphatic heterocycles. The van der Waals surface area contributed by atoms with Gasteiger partial charge in [0.2, 0.25) is 0 Å². The van der Waals surface area contributed by atoms with E-state index in [9.17, 15) is 4.79 Å². The third-order valence-corrected chi connectivity index (χ3v) is 4.47. The predicted molar refractivity (Wildman–Crippen MR) is 95.3 cm³/mol. The Kier molecular flexibility index (Phi) is 4.48. The number of fused-ring (bicyclic) bond motifs is 1. The van der Waals surface area contributed by atoms with Crippen LogP contribution in [0.3, 0.4) is 0 Å². The summed E-state index contributed by atoms with van der Waals surface area (Å²) in [7, 11) is 0. The molecule has 2 N–H and O–H groups in total. The van der Waals surface area contributed by atoms with Gasteiger partial charge in [0.15, 0.2) is 0 Å². The number of carbonyl (C=O) groups excluding carboxylic acids is 1. The van der Waals surface area contributed by atoms with Crippen molar-refractivity contribution in [2.75, 3.05) is 0 Å². The van der Waals surface area contributed by atoms with Crippen molar-refractivity contribution in [3.05, 3.63) is 64.4 Å². The number of aromatic nitrogens is 2. The zero-order chi connectivity index (χ0) is 16.4. The molecule has 0 aliphatic carbocycles. The minimum absolute atomic E-state index is 0.114. The molecular weight excluding hydrogens is 354 g/mol. The maximum absolute atomic E-state index is 12.6. The Morgan fingerprint density at radius 2 is 1.83 bits per heavy atom. The Balaban J connectivity index is 1.90. The second-order valence-electron chi connectivity index (χ2n) is 5.81. The van der Waals surface area contributed by atoms with Crippen molar-refractivity contribution in [3.63, 3.8) is 0 Å². The van der Waals surface area contributed by atoms with Crippen molar-refractivity contribution in [3.8, 4) is 0 Å². The number of hydrogen-bond acceptors (Lipinski definition) is 2. The van der Waals surface area contributed by atoms with E-state index in [2.05, 4.69) is 45.1 Å². The minimum Gasteiger partial charge on any atom is -0.342 e. The average Bonchev–Trinajstić information content (AvgIpc) is 2.96. The van der Waals surface area contributed by atoms with Crippen molar-refractivity contribution in [2.45, 2.75) is 19.9 Å². The third kappa shape index (κ3) is 3.29. The van der Waals surface area contributed by atoms with E-state index in [1.54, 1.807) is 6.07 Å². The van der Waals surface area contributed by atoms with Crippen LogP contribution in [0.2, 0.25) is 0 Å². The second kappa shape index (κ2) is 6.54. The van der Waals surface area contributed by atoms with Gasteiger partial charge < -0.3 is 10.3 Å². The van der Waals surface area contributed by atoms with Crippen molar-refractivity contribution < 1.29 is 4.79 Å². The summed E-state index contributed by atoms with van der Waals surface area (Å²) in [6.07, 6.45) is 0.